The van der Waals surface area contributed by atoms with Crippen LogP contribution >= 0.6 is 0 Å². The Kier molecular flexibility index (Phi) is 4.43. The topological polar surface area (TPSA) is 176 Å². The summed E-state index contributed by atoms with van der Waals surface area (Å²) in [6, 6.07) is 7.08. The first kappa shape index (κ1) is 20.8. The molecule has 0 unspecified atom stereocenters. The van der Waals surface area contributed by atoms with E-state index in [0.29, 0.717) is 21.5 Å². The number of nitro benzene ring substituents is 3. The molecule has 0 radical (unpaired) electrons. The third kappa shape index (κ3) is 2.91. The zero-order valence-corrected chi connectivity index (χ0v) is 17.4. The molecule has 34 heavy (non-hydrogen) atoms. The lowest BCUT2D eigenvalue weighted by Crippen LogP contribution is -2.06. The molecule has 0 bridgehead atoms. The first-order valence-electron chi connectivity index (χ1n) is 9.52. The molecule has 13 heteroatoms. The van der Waals surface area contributed by atoms with Gasteiger partial charge in [0.2, 0.25) is 0 Å². The normalized spacial score (nSPS) is 12.1. The van der Waals surface area contributed by atoms with Crippen LogP contribution in [0.15, 0.2) is 49.7 Å². The number of methoxy groups -OCH3 is 1. The summed E-state index contributed by atoms with van der Waals surface area (Å²) < 4.78 is 22.6. The molecular formula is C21H12N3O10+. The summed E-state index contributed by atoms with van der Waals surface area (Å²) in [5.74, 6) is 0.0856. The Labute approximate surface area is 186 Å². The molecule has 5 aromatic rings. The standard InChI is InChI=1S/C21H12N3O10/c1-31-12-3-9(22(25)26)5-14-18(12)21-19-13(32-2)4-10(23(27)28)6-15(19)34-17-8-11(24(29)30)7-16(33-14)20(17)21/h3-8H,1-2H3/q+1. The Bertz CT molecular complexity index is 1780. The molecule has 3 aromatic carbocycles. The molecule has 2 aromatic heterocycles. The maximum absolute atomic E-state index is 11.5. The predicted molar refractivity (Wildman–Crippen MR) is 120 cm³/mol. The minimum absolute atomic E-state index is 0.00764. The van der Waals surface area contributed by atoms with Crippen molar-refractivity contribution in [2.45, 2.75) is 0 Å². The Balaban J connectivity index is 2.18. The number of ether oxygens (including phenoxy) is 1. The lowest BCUT2D eigenvalue weighted by molar-refractivity contribution is -0.385. The van der Waals surface area contributed by atoms with Crippen LogP contribution < -0.4 is 10.2 Å². The fourth-order valence-corrected chi connectivity index (χ4v) is 4.04. The lowest BCUT2D eigenvalue weighted by Gasteiger charge is -2.12. The summed E-state index contributed by atoms with van der Waals surface area (Å²) in [5.41, 5.74) is -0.888. The Morgan fingerprint density at radius 3 is 1.59 bits per heavy atom. The SMILES string of the molecule is COc1cc([N+](=O)[O-])cc2oc3cc([N+](=O)[O-])cc4oc5cc([N+](=O)[O-])cc(=[O+]C)c5c(c12)c34. The van der Waals surface area contributed by atoms with Gasteiger partial charge >= 0.3 is 5.43 Å². The van der Waals surface area contributed by atoms with Crippen LogP contribution in [0, 0.1) is 30.3 Å². The number of nitro groups is 3. The summed E-state index contributed by atoms with van der Waals surface area (Å²) in [4.78, 5) is 32.5. The van der Waals surface area contributed by atoms with Gasteiger partial charge in [-0.1, -0.05) is 0 Å². The molecule has 0 atom stereocenters. The molecule has 2 heterocycles. The van der Waals surface area contributed by atoms with Gasteiger partial charge in [-0.05, 0) is 0 Å². The van der Waals surface area contributed by atoms with Crippen LogP contribution in [0.5, 0.6) is 5.75 Å². The lowest BCUT2D eigenvalue weighted by atomic mass is 9.99. The van der Waals surface area contributed by atoms with E-state index in [2.05, 4.69) is 0 Å². The van der Waals surface area contributed by atoms with E-state index >= 15 is 0 Å². The maximum atomic E-state index is 11.5. The minimum Gasteiger partial charge on any atom is -0.496 e. The summed E-state index contributed by atoms with van der Waals surface area (Å²) in [6.07, 6.45) is 0. The zero-order valence-electron chi connectivity index (χ0n) is 17.4. The highest BCUT2D eigenvalue weighted by molar-refractivity contribution is 6.27. The number of rotatable bonds is 4. The molecule has 0 aliphatic carbocycles. The molecule has 0 N–H and O–H groups in total. The highest BCUT2D eigenvalue weighted by Crippen LogP contribution is 2.44. The van der Waals surface area contributed by atoms with Crippen molar-refractivity contribution in [3.8, 4) is 5.75 Å². The van der Waals surface area contributed by atoms with E-state index in [1.807, 2.05) is 0 Å². The van der Waals surface area contributed by atoms with E-state index in [1.165, 1.54) is 50.6 Å². The van der Waals surface area contributed by atoms with Crippen LogP contribution in [-0.4, -0.2) is 29.0 Å². The molecule has 0 spiro atoms. The average Bonchev–Trinajstić information content (AvgIpc) is 2.81. The van der Waals surface area contributed by atoms with Gasteiger partial charge in [-0.15, -0.1) is 0 Å². The van der Waals surface area contributed by atoms with Crippen molar-refractivity contribution in [1.29, 1.82) is 0 Å². The van der Waals surface area contributed by atoms with E-state index in [0.717, 1.165) is 0 Å². The highest BCUT2D eigenvalue weighted by atomic mass is 16.6. The Morgan fingerprint density at radius 2 is 1.12 bits per heavy atom. The van der Waals surface area contributed by atoms with Crippen LogP contribution in [0.3, 0.4) is 0 Å². The Morgan fingerprint density at radius 1 is 0.676 bits per heavy atom. The number of hydrogen-bond acceptors (Lipinski definition) is 9. The second-order valence-electron chi connectivity index (χ2n) is 7.21. The van der Waals surface area contributed by atoms with E-state index in [1.54, 1.807) is 0 Å². The van der Waals surface area contributed by atoms with Crippen LogP contribution in [-0.2, 0) is 0 Å². The number of hydrogen-bond donors (Lipinski definition) is 0. The molecule has 170 valence electrons. The molecular weight excluding hydrogens is 454 g/mol. The van der Waals surface area contributed by atoms with Gasteiger partial charge in [0.25, 0.3) is 24.2 Å². The van der Waals surface area contributed by atoms with Gasteiger partial charge in [-0.2, -0.15) is 0 Å². The van der Waals surface area contributed by atoms with Gasteiger partial charge in [-0.3, -0.25) is 34.8 Å². The van der Waals surface area contributed by atoms with Crippen LogP contribution in [0.1, 0.15) is 0 Å². The van der Waals surface area contributed by atoms with Crippen molar-refractivity contribution in [1.82, 2.24) is 0 Å². The quantitative estimate of drug-likeness (QED) is 0.119. The van der Waals surface area contributed by atoms with Gasteiger partial charge < -0.3 is 13.6 Å². The van der Waals surface area contributed by atoms with Crippen LogP contribution in [0.4, 0.5) is 17.1 Å². The summed E-state index contributed by atoms with van der Waals surface area (Å²) >= 11 is 0. The van der Waals surface area contributed by atoms with Crippen molar-refractivity contribution < 1.29 is 28.3 Å². The van der Waals surface area contributed by atoms with Crippen LogP contribution in [0.25, 0.3) is 43.9 Å². The monoisotopic (exact) mass is 466 g/mol. The second kappa shape index (κ2) is 7.23. The summed E-state index contributed by atoms with van der Waals surface area (Å²) in [6.45, 7) is 0. The van der Waals surface area contributed by atoms with Gasteiger partial charge in [-0.25, -0.2) is 0 Å². The van der Waals surface area contributed by atoms with Crippen molar-refractivity contribution >= 4 is 60.9 Å². The maximum Gasteiger partial charge on any atom is 0.361 e. The van der Waals surface area contributed by atoms with Crippen molar-refractivity contribution in [2.24, 2.45) is 0 Å². The molecule has 0 saturated carbocycles. The Hall–Kier alpha value is -5.07. The van der Waals surface area contributed by atoms with E-state index in [4.69, 9.17) is 18.0 Å². The third-order valence-corrected chi connectivity index (χ3v) is 5.41. The predicted octanol–water partition coefficient (Wildman–Crippen LogP) is 4.74. The first-order chi connectivity index (χ1) is 16.2. The van der Waals surface area contributed by atoms with Crippen molar-refractivity contribution in [2.75, 3.05) is 14.2 Å². The van der Waals surface area contributed by atoms with Crippen LogP contribution in [0.2, 0.25) is 0 Å². The van der Waals surface area contributed by atoms with E-state index < -0.39 is 14.8 Å². The minimum atomic E-state index is -0.656. The van der Waals surface area contributed by atoms with Crippen molar-refractivity contribution in [3.63, 3.8) is 0 Å². The molecule has 0 aliphatic heterocycles. The molecule has 0 saturated heterocycles. The fourth-order valence-electron chi connectivity index (χ4n) is 4.04. The third-order valence-electron chi connectivity index (χ3n) is 5.41. The molecule has 0 aliphatic rings. The fraction of sp³-hybridized carbons (Fsp3) is 0.0952. The van der Waals surface area contributed by atoms with Gasteiger partial charge in [0, 0.05) is 5.39 Å². The van der Waals surface area contributed by atoms with Gasteiger partial charge in [0.15, 0.2) is 5.58 Å². The molecule has 0 amide bonds. The average molecular weight is 466 g/mol. The summed E-state index contributed by atoms with van der Waals surface area (Å²) in [5, 5.41) is 35.7. The number of non-ortho nitro benzene ring substituents is 3. The smallest absolute Gasteiger partial charge is 0.361 e. The highest BCUT2D eigenvalue weighted by Gasteiger charge is 2.27. The second-order valence-corrected chi connectivity index (χ2v) is 7.21. The molecule has 0 fully saturated rings. The van der Waals surface area contributed by atoms with E-state index in [9.17, 15) is 30.3 Å². The molecule has 5 rings (SSSR count). The zero-order chi connectivity index (χ0) is 24.3. The largest absolute Gasteiger partial charge is 0.496 e. The van der Waals surface area contributed by atoms with Gasteiger partial charge in [0.1, 0.15) is 34.0 Å². The number of fused-ring (bicyclic) bond motifs is 4. The molecule has 13 nitrogen and oxygen atoms in total. The summed E-state index contributed by atoms with van der Waals surface area (Å²) in [7, 11) is 2.64. The first-order valence-corrected chi connectivity index (χ1v) is 9.52. The van der Waals surface area contributed by atoms with Crippen molar-refractivity contribution in [3.05, 3.63) is 76.6 Å². The van der Waals surface area contributed by atoms with Gasteiger partial charge in [0.05, 0.1) is 63.0 Å². The number of benzene rings is 3. The van der Waals surface area contributed by atoms with E-state index in [-0.39, 0.29) is 50.6 Å². The number of nitrogens with zero attached hydrogens (tertiary/aromatic N) is 3.